The van der Waals surface area contributed by atoms with E-state index in [0.717, 1.165) is 12.8 Å². The molecular weight excluding hydrogens is 264 g/mol. The molecule has 114 valence electrons. The minimum atomic E-state index is 0.406. The number of ketones is 1. The van der Waals surface area contributed by atoms with E-state index in [1.807, 2.05) is 5.38 Å². The van der Waals surface area contributed by atoms with Gasteiger partial charge < -0.3 is 0 Å². The SMILES string of the molecule is CCCCCCCCCCCCC(=O)Cc1ccsc1. The summed E-state index contributed by atoms with van der Waals surface area (Å²) in [5.74, 6) is 0.406. The summed E-state index contributed by atoms with van der Waals surface area (Å²) in [7, 11) is 0. The lowest BCUT2D eigenvalue weighted by Crippen LogP contribution is -2.01. The first kappa shape index (κ1) is 17.4. The molecule has 1 aromatic rings. The molecule has 0 aliphatic rings. The van der Waals surface area contributed by atoms with Crippen LogP contribution in [0.2, 0.25) is 0 Å². The highest BCUT2D eigenvalue weighted by molar-refractivity contribution is 7.07. The van der Waals surface area contributed by atoms with Gasteiger partial charge in [-0.1, -0.05) is 64.7 Å². The number of unbranched alkanes of at least 4 members (excludes halogenated alkanes) is 9. The van der Waals surface area contributed by atoms with E-state index in [4.69, 9.17) is 0 Å². The third-order valence-corrected chi connectivity index (χ3v) is 4.52. The molecule has 0 aromatic carbocycles. The van der Waals surface area contributed by atoms with Crippen LogP contribution in [-0.4, -0.2) is 5.78 Å². The van der Waals surface area contributed by atoms with E-state index in [2.05, 4.69) is 18.4 Å². The number of Topliss-reactive ketones (excluding diaryl/α,β-unsaturated/α-hetero) is 1. The Labute approximate surface area is 128 Å². The standard InChI is InChI=1S/C18H30OS/c1-2-3-4-5-6-7-8-9-10-11-12-18(19)15-17-13-14-20-16-17/h13-14,16H,2-12,15H2,1H3. The third-order valence-electron chi connectivity index (χ3n) is 3.79. The molecule has 0 amide bonds. The van der Waals surface area contributed by atoms with Gasteiger partial charge in [0.25, 0.3) is 0 Å². The number of rotatable bonds is 13. The molecule has 0 radical (unpaired) electrons. The maximum absolute atomic E-state index is 11.8. The summed E-state index contributed by atoms with van der Waals surface area (Å²) in [6, 6.07) is 2.06. The fraction of sp³-hybridized carbons (Fsp3) is 0.722. The molecule has 1 nitrogen and oxygen atoms in total. The minimum absolute atomic E-state index is 0.406. The van der Waals surface area contributed by atoms with E-state index in [1.54, 1.807) is 11.3 Å². The van der Waals surface area contributed by atoms with Crippen molar-refractivity contribution in [3.63, 3.8) is 0 Å². The van der Waals surface area contributed by atoms with E-state index >= 15 is 0 Å². The van der Waals surface area contributed by atoms with Crippen molar-refractivity contribution in [3.05, 3.63) is 22.4 Å². The number of carbonyl (C=O) groups is 1. The molecule has 20 heavy (non-hydrogen) atoms. The topological polar surface area (TPSA) is 17.1 Å². The largest absolute Gasteiger partial charge is 0.299 e. The lowest BCUT2D eigenvalue weighted by Gasteiger charge is -2.02. The normalized spacial score (nSPS) is 10.8. The van der Waals surface area contributed by atoms with E-state index in [-0.39, 0.29) is 0 Å². The molecule has 1 rings (SSSR count). The van der Waals surface area contributed by atoms with Gasteiger partial charge in [0.1, 0.15) is 5.78 Å². The molecule has 1 heterocycles. The van der Waals surface area contributed by atoms with Crippen molar-refractivity contribution >= 4 is 17.1 Å². The first-order chi connectivity index (χ1) is 9.83. The molecule has 0 bridgehead atoms. The van der Waals surface area contributed by atoms with Crippen molar-refractivity contribution in [1.82, 2.24) is 0 Å². The summed E-state index contributed by atoms with van der Waals surface area (Å²) in [6.07, 6.45) is 14.7. The van der Waals surface area contributed by atoms with Crippen molar-refractivity contribution in [1.29, 1.82) is 0 Å². The molecule has 0 saturated carbocycles. The van der Waals surface area contributed by atoms with Crippen LogP contribution in [0.1, 0.15) is 83.1 Å². The average Bonchev–Trinajstić information content (AvgIpc) is 2.93. The summed E-state index contributed by atoms with van der Waals surface area (Å²) in [5, 5.41) is 4.12. The summed E-state index contributed by atoms with van der Waals surface area (Å²) in [5.41, 5.74) is 1.19. The Morgan fingerprint density at radius 2 is 1.55 bits per heavy atom. The van der Waals surface area contributed by atoms with Crippen LogP contribution < -0.4 is 0 Å². The van der Waals surface area contributed by atoms with Gasteiger partial charge in [-0.3, -0.25) is 4.79 Å². The van der Waals surface area contributed by atoms with Gasteiger partial charge in [-0.15, -0.1) is 0 Å². The molecule has 0 spiro atoms. The zero-order valence-corrected chi connectivity index (χ0v) is 13.9. The average molecular weight is 295 g/mol. The number of thiophene rings is 1. The lowest BCUT2D eigenvalue weighted by molar-refractivity contribution is -0.118. The second-order valence-electron chi connectivity index (χ2n) is 5.78. The van der Waals surface area contributed by atoms with Gasteiger partial charge in [-0.2, -0.15) is 11.3 Å². The zero-order chi connectivity index (χ0) is 14.5. The molecule has 0 aliphatic carbocycles. The van der Waals surface area contributed by atoms with E-state index in [9.17, 15) is 4.79 Å². The molecule has 0 atom stereocenters. The molecule has 2 heteroatoms. The van der Waals surface area contributed by atoms with Crippen molar-refractivity contribution in [2.45, 2.75) is 84.0 Å². The smallest absolute Gasteiger partial charge is 0.137 e. The molecule has 0 aliphatic heterocycles. The molecule has 0 N–H and O–H groups in total. The minimum Gasteiger partial charge on any atom is -0.299 e. The third kappa shape index (κ3) is 9.30. The van der Waals surface area contributed by atoms with Crippen molar-refractivity contribution in [2.75, 3.05) is 0 Å². The van der Waals surface area contributed by atoms with Crippen LogP contribution in [0.5, 0.6) is 0 Å². The lowest BCUT2D eigenvalue weighted by atomic mass is 10.0. The highest BCUT2D eigenvalue weighted by Crippen LogP contribution is 2.13. The summed E-state index contributed by atoms with van der Waals surface area (Å²) >= 11 is 1.67. The first-order valence-electron chi connectivity index (χ1n) is 8.35. The van der Waals surface area contributed by atoms with Gasteiger partial charge in [-0.25, -0.2) is 0 Å². The molecule has 0 saturated heterocycles. The van der Waals surface area contributed by atoms with Crippen molar-refractivity contribution in [2.24, 2.45) is 0 Å². The summed E-state index contributed by atoms with van der Waals surface area (Å²) < 4.78 is 0. The summed E-state index contributed by atoms with van der Waals surface area (Å²) in [6.45, 7) is 2.26. The Morgan fingerprint density at radius 1 is 0.950 bits per heavy atom. The maximum atomic E-state index is 11.8. The fourth-order valence-corrected chi connectivity index (χ4v) is 3.19. The van der Waals surface area contributed by atoms with E-state index in [1.165, 1.54) is 63.4 Å². The maximum Gasteiger partial charge on any atom is 0.137 e. The van der Waals surface area contributed by atoms with Crippen molar-refractivity contribution < 1.29 is 4.79 Å². The number of hydrogen-bond acceptors (Lipinski definition) is 2. The Kier molecular flexibility index (Phi) is 10.6. The summed E-state index contributed by atoms with van der Waals surface area (Å²) in [4.78, 5) is 11.8. The Balaban J connectivity index is 1.83. The highest BCUT2D eigenvalue weighted by Gasteiger charge is 2.03. The van der Waals surface area contributed by atoms with Gasteiger partial charge in [0.05, 0.1) is 0 Å². The van der Waals surface area contributed by atoms with Gasteiger partial charge >= 0.3 is 0 Å². The molecule has 0 unspecified atom stereocenters. The predicted octanol–water partition coefficient (Wildman–Crippen LogP) is 6.17. The van der Waals surface area contributed by atoms with Crippen LogP contribution >= 0.6 is 11.3 Å². The van der Waals surface area contributed by atoms with E-state index in [0.29, 0.717) is 12.2 Å². The Bertz CT molecular complexity index is 329. The van der Waals surface area contributed by atoms with Crippen LogP contribution in [0.15, 0.2) is 16.8 Å². The zero-order valence-electron chi connectivity index (χ0n) is 13.0. The number of carbonyl (C=O) groups excluding carboxylic acids is 1. The van der Waals surface area contributed by atoms with Gasteiger partial charge in [0.15, 0.2) is 0 Å². The van der Waals surface area contributed by atoms with Crippen LogP contribution in [-0.2, 0) is 11.2 Å². The predicted molar refractivity (Wildman–Crippen MR) is 89.5 cm³/mol. The molecule has 1 aromatic heterocycles. The fourth-order valence-electron chi connectivity index (χ4n) is 2.52. The molecular formula is C18H30OS. The first-order valence-corrected chi connectivity index (χ1v) is 9.30. The van der Waals surface area contributed by atoms with Gasteiger partial charge in [0, 0.05) is 12.8 Å². The van der Waals surface area contributed by atoms with Gasteiger partial charge in [0.2, 0.25) is 0 Å². The Morgan fingerprint density at radius 3 is 2.10 bits per heavy atom. The highest BCUT2D eigenvalue weighted by atomic mass is 32.1. The van der Waals surface area contributed by atoms with Crippen LogP contribution in [0.3, 0.4) is 0 Å². The van der Waals surface area contributed by atoms with Crippen LogP contribution in [0.25, 0.3) is 0 Å². The molecule has 0 fully saturated rings. The van der Waals surface area contributed by atoms with Gasteiger partial charge in [-0.05, 0) is 28.8 Å². The van der Waals surface area contributed by atoms with Crippen molar-refractivity contribution in [3.8, 4) is 0 Å². The Hall–Kier alpha value is -0.630. The quantitative estimate of drug-likeness (QED) is 0.397. The van der Waals surface area contributed by atoms with Crippen LogP contribution in [0.4, 0.5) is 0 Å². The van der Waals surface area contributed by atoms with Crippen LogP contribution in [0, 0.1) is 0 Å². The number of hydrogen-bond donors (Lipinski definition) is 0. The second kappa shape index (κ2) is 12.1. The second-order valence-corrected chi connectivity index (χ2v) is 6.56. The van der Waals surface area contributed by atoms with E-state index < -0.39 is 0 Å². The monoisotopic (exact) mass is 294 g/mol.